The molecule has 4 heteroatoms. The highest BCUT2D eigenvalue weighted by Gasteiger charge is 2.26. The fourth-order valence-electron chi connectivity index (χ4n) is 1.43. The van der Waals surface area contributed by atoms with Gasteiger partial charge in [-0.25, -0.2) is 4.79 Å². The van der Waals surface area contributed by atoms with E-state index in [1.807, 2.05) is 6.92 Å². The lowest BCUT2D eigenvalue weighted by atomic mass is 10.0. The first-order valence-corrected chi connectivity index (χ1v) is 3.79. The smallest absolute Gasteiger partial charge is 0.407 e. The molecule has 0 bridgehead atoms. The molecule has 2 atom stereocenters. The largest absolute Gasteiger partial charge is 0.465 e. The zero-order valence-corrected chi connectivity index (χ0v) is 6.53. The van der Waals surface area contributed by atoms with Crippen molar-refractivity contribution in [3.05, 3.63) is 0 Å². The van der Waals surface area contributed by atoms with Crippen molar-refractivity contribution in [3.8, 4) is 0 Å². The molecule has 0 aromatic rings. The monoisotopic (exact) mass is 159 g/mol. The van der Waals surface area contributed by atoms with Crippen molar-refractivity contribution in [1.29, 1.82) is 0 Å². The van der Waals surface area contributed by atoms with E-state index in [-0.39, 0.29) is 12.1 Å². The second-order valence-electron chi connectivity index (χ2n) is 3.00. The van der Waals surface area contributed by atoms with Crippen LogP contribution in [0.3, 0.4) is 0 Å². The Morgan fingerprint density at radius 2 is 2.27 bits per heavy atom. The molecule has 0 aromatic heterocycles. The molecular formula is C7H13NO3. The van der Waals surface area contributed by atoms with Gasteiger partial charge in [0.15, 0.2) is 0 Å². The van der Waals surface area contributed by atoms with Gasteiger partial charge < -0.3 is 15.1 Å². The molecule has 1 heterocycles. The van der Waals surface area contributed by atoms with Crippen LogP contribution in [-0.2, 0) is 0 Å². The Bertz CT molecular complexity index is 160. The number of amides is 1. The maximum absolute atomic E-state index is 10.5. The number of carboxylic acid groups (broad SMARTS) is 1. The molecule has 0 aromatic carbocycles. The van der Waals surface area contributed by atoms with Gasteiger partial charge >= 0.3 is 6.09 Å². The zero-order chi connectivity index (χ0) is 8.43. The third-order valence-corrected chi connectivity index (χ3v) is 2.09. The summed E-state index contributed by atoms with van der Waals surface area (Å²) in [7, 11) is 0. The van der Waals surface area contributed by atoms with Gasteiger partial charge in [0.25, 0.3) is 0 Å². The minimum absolute atomic E-state index is 0.0451. The van der Waals surface area contributed by atoms with Crippen LogP contribution in [0.15, 0.2) is 0 Å². The molecule has 2 N–H and O–H groups in total. The number of likely N-dealkylation sites (tertiary alicyclic amines) is 1. The maximum Gasteiger partial charge on any atom is 0.407 e. The topological polar surface area (TPSA) is 60.8 Å². The van der Waals surface area contributed by atoms with E-state index in [0.29, 0.717) is 19.4 Å². The lowest BCUT2D eigenvalue weighted by molar-refractivity contribution is 0.0488. The molecule has 1 amide bonds. The summed E-state index contributed by atoms with van der Waals surface area (Å²) in [6.45, 7) is 2.27. The van der Waals surface area contributed by atoms with Crippen LogP contribution in [0.2, 0.25) is 0 Å². The molecule has 0 aliphatic carbocycles. The van der Waals surface area contributed by atoms with Gasteiger partial charge in [-0.1, -0.05) is 0 Å². The number of nitrogens with zero attached hydrogens (tertiary/aromatic N) is 1. The summed E-state index contributed by atoms with van der Waals surface area (Å²) in [5, 5.41) is 17.8. The van der Waals surface area contributed by atoms with Crippen molar-refractivity contribution < 1.29 is 15.0 Å². The van der Waals surface area contributed by atoms with Crippen LogP contribution in [0.25, 0.3) is 0 Å². The van der Waals surface area contributed by atoms with Gasteiger partial charge in [-0.05, 0) is 19.8 Å². The quantitative estimate of drug-likeness (QED) is 0.541. The van der Waals surface area contributed by atoms with E-state index in [2.05, 4.69) is 0 Å². The van der Waals surface area contributed by atoms with E-state index in [0.717, 1.165) is 0 Å². The average molecular weight is 159 g/mol. The summed E-state index contributed by atoms with van der Waals surface area (Å²) >= 11 is 0. The highest BCUT2D eigenvalue weighted by atomic mass is 16.4. The Hall–Kier alpha value is -0.770. The third-order valence-electron chi connectivity index (χ3n) is 2.09. The summed E-state index contributed by atoms with van der Waals surface area (Å²) < 4.78 is 0. The standard InChI is InChI=1S/C7H13NO3/c1-5-4-6(9)2-3-8(5)7(10)11/h5-6,9H,2-4H2,1H3,(H,10,11)/t5-,6+/m0/s1. The molecule has 1 saturated heterocycles. The van der Waals surface area contributed by atoms with Crippen LogP contribution in [-0.4, -0.2) is 39.9 Å². The Morgan fingerprint density at radius 1 is 1.64 bits per heavy atom. The summed E-state index contributed by atoms with van der Waals surface area (Å²) in [6.07, 6.45) is -0.0758. The number of hydrogen-bond acceptors (Lipinski definition) is 2. The number of piperidine rings is 1. The SMILES string of the molecule is C[C@H]1C[C@H](O)CCN1C(=O)O. The van der Waals surface area contributed by atoms with E-state index < -0.39 is 6.09 Å². The number of rotatable bonds is 0. The van der Waals surface area contributed by atoms with E-state index >= 15 is 0 Å². The van der Waals surface area contributed by atoms with Crippen LogP contribution < -0.4 is 0 Å². The molecule has 0 unspecified atom stereocenters. The Labute approximate surface area is 65.4 Å². The number of carbonyl (C=O) groups is 1. The summed E-state index contributed by atoms with van der Waals surface area (Å²) in [4.78, 5) is 11.9. The molecule has 0 saturated carbocycles. The van der Waals surface area contributed by atoms with E-state index in [9.17, 15) is 4.79 Å². The van der Waals surface area contributed by atoms with Crippen molar-refractivity contribution in [3.63, 3.8) is 0 Å². The van der Waals surface area contributed by atoms with Crippen LogP contribution in [0.4, 0.5) is 4.79 Å². The van der Waals surface area contributed by atoms with Gasteiger partial charge in [0, 0.05) is 12.6 Å². The van der Waals surface area contributed by atoms with Crippen molar-refractivity contribution in [1.82, 2.24) is 4.90 Å². The van der Waals surface area contributed by atoms with Crippen LogP contribution in [0, 0.1) is 0 Å². The molecule has 1 rings (SSSR count). The maximum atomic E-state index is 10.5. The van der Waals surface area contributed by atoms with E-state index in [1.165, 1.54) is 4.90 Å². The Kier molecular flexibility index (Phi) is 2.34. The van der Waals surface area contributed by atoms with Gasteiger partial charge in [-0.15, -0.1) is 0 Å². The van der Waals surface area contributed by atoms with Gasteiger partial charge in [0.2, 0.25) is 0 Å². The first-order chi connectivity index (χ1) is 5.11. The van der Waals surface area contributed by atoms with E-state index in [4.69, 9.17) is 10.2 Å². The summed E-state index contributed by atoms with van der Waals surface area (Å²) in [5.41, 5.74) is 0. The molecule has 11 heavy (non-hydrogen) atoms. The van der Waals surface area contributed by atoms with Gasteiger partial charge in [0.1, 0.15) is 0 Å². The minimum Gasteiger partial charge on any atom is -0.465 e. The summed E-state index contributed by atoms with van der Waals surface area (Å²) in [5.74, 6) is 0. The molecular weight excluding hydrogens is 146 g/mol. The minimum atomic E-state index is -0.885. The molecule has 0 spiro atoms. The Balaban J connectivity index is 2.50. The average Bonchev–Trinajstić information content (AvgIpc) is 1.85. The fourth-order valence-corrected chi connectivity index (χ4v) is 1.43. The first kappa shape index (κ1) is 8.33. The van der Waals surface area contributed by atoms with E-state index in [1.54, 1.807) is 0 Å². The second-order valence-corrected chi connectivity index (χ2v) is 3.00. The number of aliphatic hydroxyl groups excluding tert-OH is 1. The molecule has 64 valence electrons. The Morgan fingerprint density at radius 3 is 2.73 bits per heavy atom. The third kappa shape index (κ3) is 1.83. The van der Waals surface area contributed by atoms with Gasteiger partial charge in [-0.3, -0.25) is 0 Å². The molecule has 1 fully saturated rings. The predicted molar refractivity (Wildman–Crippen MR) is 39.4 cm³/mol. The van der Waals surface area contributed by atoms with Crippen molar-refractivity contribution >= 4 is 6.09 Å². The van der Waals surface area contributed by atoms with Crippen LogP contribution in [0.1, 0.15) is 19.8 Å². The van der Waals surface area contributed by atoms with Crippen LogP contribution in [0.5, 0.6) is 0 Å². The van der Waals surface area contributed by atoms with Crippen LogP contribution >= 0.6 is 0 Å². The highest BCUT2D eigenvalue weighted by Crippen LogP contribution is 2.16. The zero-order valence-electron chi connectivity index (χ0n) is 6.53. The lowest BCUT2D eigenvalue weighted by Gasteiger charge is -2.33. The van der Waals surface area contributed by atoms with Crippen molar-refractivity contribution in [2.75, 3.05) is 6.54 Å². The predicted octanol–water partition coefficient (Wildman–Crippen LogP) is 0.510. The fraction of sp³-hybridized carbons (Fsp3) is 0.857. The molecule has 1 aliphatic heterocycles. The molecule has 4 nitrogen and oxygen atoms in total. The normalized spacial score (nSPS) is 32.0. The van der Waals surface area contributed by atoms with Crippen molar-refractivity contribution in [2.24, 2.45) is 0 Å². The van der Waals surface area contributed by atoms with Gasteiger partial charge in [0.05, 0.1) is 6.10 Å². The molecule has 1 aliphatic rings. The number of hydrogen-bond donors (Lipinski definition) is 2. The van der Waals surface area contributed by atoms with Crippen molar-refractivity contribution in [2.45, 2.75) is 31.9 Å². The second kappa shape index (κ2) is 3.09. The lowest BCUT2D eigenvalue weighted by Crippen LogP contribution is -2.45. The first-order valence-electron chi connectivity index (χ1n) is 3.79. The highest BCUT2D eigenvalue weighted by molar-refractivity contribution is 5.65. The molecule has 0 radical (unpaired) electrons. The number of aliphatic hydroxyl groups is 1. The summed E-state index contributed by atoms with van der Waals surface area (Å²) in [6, 6.07) is -0.0451. The van der Waals surface area contributed by atoms with Gasteiger partial charge in [-0.2, -0.15) is 0 Å².